The monoisotopic (exact) mass is 152 g/mol. The predicted molar refractivity (Wildman–Crippen MR) is 31.7 cm³/mol. The zero-order valence-electron chi connectivity index (χ0n) is 4.37. The number of carbonyl (C=O) groups is 2. The molecule has 52 valence electrons. The molecular weight excluding hydrogens is 147 g/mol. The van der Waals surface area contributed by atoms with Crippen molar-refractivity contribution in [1.29, 1.82) is 0 Å². The van der Waals surface area contributed by atoms with Gasteiger partial charge in [0, 0.05) is 17.7 Å². The Morgan fingerprint density at radius 3 is 1.56 bits per heavy atom. The van der Waals surface area contributed by atoms with E-state index in [9.17, 15) is 4.79 Å². The van der Waals surface area contributed by atoms with Gasteiger partial charge in [0.15, 0.2) is 0 Å². The standard InChI is InChI=1S/C3H4O2.CHClO2/c1-2-3(4)5;2-1(3)4/h2H,1H2,(H,4,5);(H,3,4). The second-order valence-electron chi connectivity index (χ2n) is 0.795. The Morgan fingerprint density at radius 1 is 1.44 bits per heavy atom. The van der Waals surface area contributed by atoms with Crippen LogP contribution in [0.5, 0.6) is 0 Å². The molecule has 0 saturated heterocycles. The van der Waals surface area contributed by atoms with Crippen LogP contribution in [-0.2, 0) is 4.79 Å². The highest BCUT2D eigenvalue weighted by Crippen LogP contribution is 1.67. The van der Waals surface area contributed by atoms with Crippen LogP contribution in [0.4, 0.5) is 4.79 Å². The number of halogens is 1. The second-order valence-corrected chi connectivity index (χ2v) is 1.12. The van der Waals surface area contributed by atoms with Gasteiger partial charge in [-0.3, -0.25) is 0 Å². The molecular formula is C4H5ClO4. The van der Waals surface area contributed by atoms with Gasteiger partial charge in [-0.1, -0.05) is 6.58 Å². The summed E-state index contributed by atoms with van der Waals surface area (Å²) < 4.78 is 0. The molecule has 0 aliphatic rings. The summed E-state index contributed by atoms with van der Waals surface area (Å²) in [4.78, 5) is 18.0. The average Bonchev–Trinajstić information content (AvgIpc) is 1.65. The normalized spacial score (nSPS) is 6.33. The van der Waals surface area contributed by atoms with Crippen LogP contribution >= 0.6 is 11.6 Å². The quantitative estimate of drug-likeness (QED) is 0.437. The molecule has 0 bridgehead atoms. The molecule has 0 aromatic carbocycles. The molecule has 9 heavy (non-hydrogen) atoms. The summed E-state index contributed by atoms with van der Waals surface area (Å²) in [5, 5.41) is 14.8. The third-order valence-corrected chi connectivity index (χ3v) is 0.175. The Balaban J connectivity index is 0. The van der Waals surface area contributed by atoms with Crippen LogP contribution in [0.1, 0.15) is 0 Å². The molecule has 2 N–H and O–H groups in total. The van der Waals surface area contributed by atoms with Crippen molar-refractivity contribution in [3.63, 3.8) is 0 Å². The summed E-state index contributed by atoms with van der Waals surface area (Å²) in [5.41, 5.74) is -1.36. The van der Waals surface area contributed by atoms with E-state index in [4.69, 9.17) is 15.0 Å². The summed E-state index contributed by atoms with van der Waals surface area (Å²) in [6, 6.07) is 0. The average molecular weight is 153 g/mol. The number of hydrogen-bond donors (Lipinski definition) is 2. The lowest BCUT2D eigenvalue weighted by Gasteiger charge is -1.64. The van der Waals surface area contributed by atoms with Gasteiger partial charge in [0.2, 0.25) is 0 Å². The van der Waals surface area contributed by atoms with Crippen molar-refractivity contribution in [1.82, 2.24) is 0 Å². The van der Waals surface area contributed by atoms with Gasteiger partial charge < -0.3 is 10.2 Å². The number of hydrogen-bond acceptors (Lipinski definition) is 2. The number of carboxylic acids is 1. The third-order valence-electron chi connectivity index (χ3n) is 0.175. The minimum atomic E-state index is -1.36. The molecule has 0 aromatic heterocycles. The summed E-state index contributed by atoms with van der Waals surface area (Å²) >= 11 is 4.19. The third kappa shape index (κ3) is 183. The molecule has 0 saturated carbocycles. The number of rotatable bonds is 1. The predicted octanol–water partition coefficient (Wildman–Crippen LogP) is 1.16. The van der Waals surface area contributed by atoms with Crippen LogP contribution in [-0.4, -0.2) is 21.6 Å². The van der Waals surface area contributed by atoms with Crippen LogP contribution in [0.15, 0.2) is 12.7 Å². The Labute approximate surface area is 56.4 Å². The van der Waals surface area contributed by atoms with Crippen molar-refractivity contribution < 1.29 is 19.8 Å². The largest absolute Gasteiger partial charge is 0.478 e. The molecule has 0 aromatic rings. The maximum Gasteiger partial charge on any atom is 0.401 e. The molecule has 4 nitrogen and oxygen atoms in total. The fraction of sp³-hybridized carbons (Fsp3) is 0. The van der Waals surface area contributed by atoms with Gasteiger partial charge in [-0.25, -0.2) is 9.59 Å². The van der Waals surface area contributed by atoms with Crippen molar-refractivity contribution in [3.8, 4) is 0 Å². The lowest BCUT2D eigenvalue weighted by molar-refractivity contribution is -0.131. The lowest BCUT2D eigenvalue weighted by Crippen LogP contribution is -1.82. The molecule has 0 rings (SSSR count). The van der Waals surface area contributed by atoms with E-state index in [1.165, 1.54) is 0 Å². The first-order valence-electron chi connectivity index (χ1n) is 1.74. The number of aliphatic carboxylic acids is 1. The first-order chi connectivity index (χ1) is 4.00. The summed E-state index contributed by atoms with van der Waals surface area (Å²) in [5.74, 6) is -0.981. The molecule has 0 atom stereocenters. The minimum absolute atomic E-state index is 0.833. The van der Waals surface area contributed by atoms with Crippen molar-refractivity contribution in [2.24, 2.45) is 0 Å². The summed E-state index contributed by atoms with van der Waals surface area (Å²) in [6.07, 6.45) is 0.833. The highest BCUT2D eigenvalue weighted by Gasteiger charge is 1.73. The highest BCUT2D eigenvalue weighted by molar-refractivity contribution is 6.60. The van der Waals surface area contributed by atoms with Crippen LogP contribution in [0.25, 0.3) is 0 Å². The van der Waals surface area contributed by atoms with E-state index >= 15 is 0 Å². The highest BCUT2D eigenvalue weighted by atomic mass is 35.5. The van der Waals surface area contributed by atoms with E-state index in [1.54, 1.807) is 0 Å². The summed E-state index contributed by atoms with van der Waals surface area (Å²) in [6.45, 7) is 2.96. The van der Waals surface area contributed by atoms with Gasteiger partial charge in [-0.05, 0) is 0 Å². The van der Waals surface area contributed by atoms with Crippen molar-refractivity contribution >= 4 is 23.0 Å². The first kappa shape index (κ1) is 10.9. The Morgan fingerprint density at radius 2 is 1.56 bits per heavy atom. The van der Waals surface area contributed by atoms with E-state index in [2.05, 4.69) is 18.2 Å². The van der Waals surface area contributed by atoms with Gasteiger partial charge in [-0.2, -0.15) is 0 Å². The van der Waals surface area contributed by atoms with Crippen LogP contribution < -0.4 is 0 Å². The van der Waals surface area contributed by atoms with Gasteiger partial charge >= 0.3 is 11.4 Å². The maximum absolute atomic E-state index is 9.25. The van der Waals surface area contributed by atoms with E-state index in [-0.39, 0.29) is 0 Å². The molecule has 0 aliphatic carbocycles. The fourth-order valence-corrected chi connectivity index (χ4v) is 0. The second kappa shape index (κ2) is 6.97. The van der Waals surface area contributed by atoms with Crippen LogP contribution in [0.3, 0.4) is 0 Å². The van der Waals surface area contributed by atoms with Crippen LogP contribution in [0, 0.1) is 0 Å². The van der Waals surface area contributed by atoms with Gasteiger partial charge in [0.25, 0.3) is 0 Å². The van der Waals surface area contributed by atoms with E-state index in [0.717, 1.165) is 6.08 Å². The minimum Gasteiger partial charge on any atom is -0.478 e. The zero-order valence-corrected chi connectivity index (χ0v) is 5.13. The summed E-state index contributed by atoms with van der Waals surface area (Å²) in [7, 11) is 0. The molecule has 0 aliphatic heterocycles. The zero-order chi connectivity index (χ0) is 7.86. The Kier molecular flexibility index (Phi) is 8.41. The van der Waals surface area contributed by atoms with Gasteiger partial charge in [0.05, 0.1) is 0 Å². The molecule has 5 heteroatoms. The lowest BCUT2D eigenvalue weighted by atomic mass is 10.7. The molecule has 0 heterocycles. The van der Waals surface area contributed by atoms with Gasteiger partial charge in [-0.15, -0.1) is 0 Å². The Bertz CT molecular complexity index is 116. The molecule has 0 spiro atoms. The van der Waals surface area contributed by atoms with E-state index < -0.39 is 11.4 Å². The van der Waals surface area contributed by atoms with Crippen LogP contribution in [0.2, 0.25) is 0 Å². The van der Waals surface area contributed by atoms with E-state index in [1.807, 2.05) is 0 Å². The van der Waals surface area contributed by atoms with Crippen molar-refractivity contribution in [3.05, 3.63) is 12.7 Å². The van der Waals surface area contributed by atoms with Crippen molar-refractivity contribution in [2.75, 3.05) is 0 Å². The fourth-order valence-electron chi connectivity index (χ4n) is 0. The molecule has 0 unspecified atom stereocenters. The number of carboxylic acid groups (broad SMARTS) is 2. The first-order valence-corrected chi connectivity index (χ1v) is 2.12. The smallest absolute Gasteiger partial charge is 0.401 e. The maximum atomic E-state index is 9.25. The van der Waals surface area contributed by atoms with Crippen molar-refractivity contribution in [2.45, 2.75) is 0 Å². The molecule has 0 radical (unpaired) electrons. The SMILES string of the molecule is C=CC(=O)O.O=C(O)Cl. The van der Waals surface area contributed by atoms with E-state index in [0.29, 0.717) is 0 Å². The topological polar surface area (TPSA) is 74.6 Å². The Hall–Kier alpha value is -1.03. The molecule has 0 fully saturated rings. The molecule has 0 amide bonds. The van der Waals surface area contributed by atoms with Gasteiger partial charge in [0.1, 0.15) is 0 Å².